The van der Waals surface area contributed by atoms with Crippen LogP contribution in [0.1, 0.15) is 28.8 Å². The number of carbonyl (C=O) groups is 2. The minimum Gasteiger partial charge on any atom is -0.366 e. The van der Waals surface area contributed by atoms with E-state index in [9.17, 15) is 19.7 Å². The highest BCUT2D eigenvalue weighted by molar-refractivity contribution is 5.93. The van der Waals surface area contributed by atoms with Gasteiger partial charge in [-0.3, -0.25) is 29.5 Å². The normalized spacial score (nSPS) is 18.6. The van der Waals surface area contributed by atoms with Crippen molar-refractivity contribution in [2.24, 2.45) is 5.73 Å². The molecule has 0 atom stereocenters. The number of benzene rings is 1. The maximum atomic E-state index is 12.3. The Morgan fingerprint density at radius 2 is 1.67 bits per heavy atom. The molecule has 9 nitrogen and oxygen atoms in total. The van der Waals surface area contributed by atoms with Gasteiger partial charge in [-0.05, 0) is 18.9 Å². The molecule has 2 heterocycles. The first-order valence-electron chi connectivity index (χ1n) is 9.23. The molecule has 0 radical (unpaired) electrons. The number of nitro groups is 1. The Balaban J connectivity index is 1.55. The Morgan fingerprint density at radius 3 is 2.26 bits per heavy atom. The number of amides is 2. The van der Waals surface area contributed by atoms with Crippen LogP contribution in [-0.2, 0) is 11.3 Å². The van der Waals surface area contributed by atoms with Crippen LogP contribution < -0.4 is 5.73 Å². The molecule has 0 aromatic heterocycles. The Labute approximate surface area is 157 Å². The molecule has 2 aliphatic rings. The van der Waals surface area contributed by atoms with Crippen molar-refractivity contribution in [1.82, 2.24) is 14.7 Å². The van der Waals surface area contributed by atoms with E-state index in [1.54, 1.807) is 6.07 Å². The van der Waals surface area contributed by atoms with E-state index in [0.717, 1.165) is 52.1 Å². The molecule has 9 heteroatoms. The van der Waals surface area contributed by atoms with Crippen LogP contribution in [0.15, 0.2) is 18.2 Å². The molecule has 1 aromatic rings. The Kier molecular flexibility index (Phi) is 6.02. The van der Waals surface area contributed by atoms with Crippen LogP contribution in [0.25, 0.3) is 0 Å². The van der Waals surface area contributed by atoms with Crippen LogP contribution in [0, 0.1) is 10.1 Å². The van der Waals surface area contributed by atoms with Crippen molar-refractivity contribution in [2.45, 2.75) is 19.4 Å². The number of nitrogens with two attached hydrogens (primary N) is 1. The van der Waals surface area contributed by atoms with Gasteiger partial charge < -0.3 is 10.6 Å². The third kappa shape index (κ3) is 4.81. The number of carbonyl (C=O) groups excluding carboxylic acids is 2. The molecule has 2 aliphatic heterocycles. The number of likely N-dealkylation sites (tertiary alicyclic amines) is 1. The molecule has 0 unspecified atom stereocenters. The molecule has 1 aromatic carbocycles. The van der Waals surface area contributed by atoms with E-state index >= 15 is 0 Å². The van der Waals surface area contributed by atoms with Gasteiger partial charge in [0.15, 0.2) is 0 Å². The average molecular weight is 375 g/mol. The smallest absolute Gasteiger partial charge is 0.274 e. The number of nitro benzene ring substituents is 1. The van der Waals surface area contributed by atoms with Crippen LogP contribution in [-0.4, -0.2) is 77.3 Å². The van der Waals surface area contributed by atoms with E-state index in [2.05, 4.69) is 9.80 Å². The number of nitrogens with zero attached hydrogens (tertiary/aromatic N) is 4. The van der Waals surface area contributed by atoms with Gasteiger partial charge in [-0.25, -0.2) is 0 Å². The quantitative estimate of drug-likeness (QED) is 0.570. The third-order valence-corrected chi connectivity index (χ3v) is 5.24. The van der Waals surface area contributed by atoms with Crippen molar-refractivity contribution < 1.29 is 14.5 Å². The summed E-state index contributed by atoms with van der Waals surface area (Å²) in [5, 5.41) is 11.3. The third-order valence-electron chi connectivity index (χ3n) is 5.24. The van der Waals surface area contributed by atoms with Crippen molar-refractivity contribution in [1.29, 1.82) is 0 Å². The number of rotatable bonds is 6. The fourth-order valence-electron chi connectivity index (χ4n) is 3.63. The van der Waals surface area contributed by atoms with Gasteiger partial charge in [-0.2, -0.15) is 0 Å². The van der Waals surface area contributed by atoms with Gasteiger partial charge >= 0.3 is 0 Å². The first-order chi connectivity index (χ1) is 12.9. The minimum absolute atomic E-state index is 0.0852. The zero-order chi connectivity index (χ0) is 19.4. The Morgan fingerprint density at radius 1 is 1.04 bits per heavy atom. The van der Waals surface area contributed by atoms with Gasteiger partial charge in [0.05, 0.1) is 11.5 Å². The van der Waals surface area contributed by atoms with Crippen LogP contribution in [0.4, 0.5) is 5.69 Å². The number of hydrogen-bond acceptors (Lipinski definition) is 6. The van der Waals surface area contributed by atoms with Crippen molar-refractivity contribution in [3.05, 3.63) is 39.4 Å². The molecule has 27 heavy (non-hydrogen) atoms. The summed E-state index contributed by atoms with van der Waals surface area (Å²) in [6, 6.07) is 4.36. The van der Waals surface area contributed by atoms with Gasteiger partial charge in [-0.15, -0.1) is 0 Å². The molecule has 3 rings (SSSR count). The molecular formula is C18H25N5O4. The monoisotopic (exact) mass is 375 g/mol. The maximum absolute atomic E-state index is 12.3. The molecular weight excluding hydrogens is 350 g/mol. The molecule has 0 spiro atoms. The number of piperazine rings is 1. The van der Waals surface area contributed by atoms with Gasteiger partial charge in [0.2, 0.25) is 11.8 Å². The lowest BCUT2D eigenvalue weighted by molar-refractivity contribution is -0.385. The lowest BCUT2D eigenvalue weighted by atomic mass is 10.1. The fourth-order valence-corrected chi connectivity index (χ4v) is 3.63. The molecule has 2 saturated heterocycles. The van der Waals surface area contributed by atoms with Crippen molar-refractivity contribution in [3.63, 3.8) is 0 Å². The zero-order valence-corrected chi connectivity index (χ0v) is 15.3. The molecule has 2 fully saturated rings. The largest absolute Gasteiger partial charge is 0.366 e. The summed E-state index contributed by atoms with van der Waals surface area (Å²) in [5.41, 5.74) is 5.82. The van der Waals surface area contributed by atoms with Gasteiger partial charge in [0, 0.05) is 63.0 Å². The van der Waals surface area contributed by atoms with Gasteiger partial charge in [-0.1, -0.05) is 6.07 Å². The first-order valence-corrected chi connectivity index (χ1v) is 9.23. The summed E-state index contributed by atoms with van der Waals surface area (Å²) >= 11 is 0. The van der Waals surface area contributed by atoms with E-state index in [4.69, 9.17) is 5.73 Å². The van der Waals surface area contributed by atoms with E-state index < -0.39 is 10.8 Å². The van der Waals surface area contributed by atoms with Crippen LogP contribution in [0.3, 0.4) is 0 Å². The molecule has 0 bridgehead atoms. The lowest BCUT2D eigenvalue weighted by Crippen LogP contribution is -2.49. The molecule has 2 amide bonds. The van der Waals surface area contributed by atoms with Crippen molar-refractivity contribution in [2.75, 3.05) is 45.8 Å². The molecule has 0 saturated carbocycles. The maximum Gasteiger partial charge on any atom is 0.274 e. The predicted molar refractivity (Wildman–Crippen MR) is 99.1 cm³/mol. The topological polar surface area (TPSA) is 113 Å². The van der Waals surface area contributed by atoms with E-state index in [-0.39, 0.29) is 17.2 Å². The number of hydrogen-bond donors (Lipinski definition) is 1. The van der Waals surface area contributed by atoms with E-state index in [0.29, 0.717) is 18.7 Å². The van der Waals surface area contributed by atoms with Crippen LogP contribution in [0.5, 0.6) is 0 Å². The van der Waals surface area contributed by atoms with Gasteiger partial charge in [0.1, 0.15) is 0 Å². The van der Waals surface area contributed by atoms with Gasteiger partial charge in [0.25, 0.3) is 5.69 Å². The molecule has 146 valence electrons. The number of primary amides is 1. The highest BCUT2D eigenvalue weighted by atomic mass is 16.6. The van der Waals surface area contributed by atoms with E-state index in [1.807, 2.05) is 4.90 Å². The summed E-state index contributed by atoms with van der Waals surface area (Å²) in [6.45, 7) is 5.60. The predicted octanol–water partition coefficient (Wildman–Crippen LogP) is 0.434. The Bertz CT molecular complexity index is 724. The minimum atomic E-state index is -0.680. The second-order valence-corrected chi connectivity index (χ2v) is 7.11. The summed E-state index contributed by atoms with van der Waals surface area (Å²) in [5.74, 6) is -0.487. The van der Waals surface area contributed by atoms with Crippen molar-refractivity contribution in [3.8, 4) is 0 Å². The summed E-state index contributed by atoms with van der Waals surface area (Å²) in [4.78, 5) is 40.5. The van der Waals surface area contributed by atoms with Crippen LogP contribution in [0.2, 0.25) is 0 Å². The summed E-state index contributed by atoms with van der Waals surface area (Å²) in [7, 11) is 0. The summed E-state index contributed by atoms with van der Waals surface area (Å²) in [6.07, 6.45) is 2.18. The Hall–Kier alpha value is -2.52. The summed E-state index contributed by atoms with van der Waals surface area (Å²) < 4.78 is 0. The SMILES string of the molecule is NC(=O)c1ccc(CN2CCN(CC(=O)N3CCCC3)CC2)c([N+](=O)[O-])c1. The highest BCUT2D eigenvalue weighted by Gasteiger charge is 2.25. The molecule has 0 aliphatic carbocycles. The lowest BCUT2D eigenvalue weighted by Gasteiger charge is -2.34. The first kappa shape index (κ1) is 19.2. The second kappa shape index (κ2) is 8.45. The molecule has 2 N–H and O–H groups in total. The highest BCUT2D eigenvalue weighted by Crippen LogP contribution is 2.22. The average Bonchev–Trinajstić information content (AvgIpc) is 3.18. The van der Waals surface area contributed by atoms with Crippen LogP contribution >= 0.6 is 0 Å². The van der Waals surface area contributed by atoms with E-state index in [1.165, 1.54) is 12.1 Å². The zero-order valence-electron chi connectivity index (χ0n) is 15.3. The fraction of sp³-hybridized carbons (Fsp3) is 0.556. The van der Waals surface area contributed by atoms with Crippen molar-refractivity contribution >= 4 is 17.5 Å². The second-order valence-electron chi connectivity index (χ2n) is 7.11. The standard InChI is InChI=1S/C18H25N5O4/c19-18(25)14-3-4-15(16(11-14)23(26)27)12-20-7-9-21(10-8-20)13-17(24)22-5-1-2-6-22/h3-4,11H,1-2,5-10,12-13H2,(H2,19,25).